The number of anilines is 3. The summed E-state index contributed by atoms with van der Waals surface area (Å²) in [5, 5.41) is 7.75. The van der Waals surface area contributed by atoms with Gasteiger partial charge in [-0.1, -0.05) is 6.07 Å². The monoisotopic (exact) mass is 621 g/mol. The van der Waals surface area contributed by atoms with Crippen molar-refractivity contribution in [2.45, 2.75) is 26.8 Å². The van der Waals surface area contributed by atoms with E-state index >= 15 is 0 Å². The SMILES string of the molecule is COc1cc(NC(=O)c2cccc(Nc3ccc4c(c3)c(C)c(C)n4CCCN3CCN(C)CC3)c2)cc(OC)c1-n1ccnc1. The van der Waals surface area contributed by atoms with E-state index in [4.69, 9.17) is 9.47 Å². The van der Waals surface area contributed by atoms with Crippen molar-refractivity contribution in [3.63, 3.8) is 0 Å². The number of nitrogens with one attached hydrogen (secondary N) is 2. The lowest BCUT2D eigenvalue weighted by molar-refractivity contribution is 0.102. The smallest absolute Gasteiger partial charge is 0.255 e. The molecule has 46 heavy (non-hydrogen) atoms. The molecule has 1 fully saturated rings. The number of carbonyl (C=O) groups excluding carboxylic acids is 1. The zero-order valence-electron chi connectivity index (χ0n) is 27.3. The molecule has 3 heterocycles. The molecule has 0 saturated carbocycles. The number of methoxy groups -OCH3 is 2. The number of fused-ring (bicyclic) bond motifs is 1. The van der Waals surface area contributed by atoms with Gasteiger partial charge < -0.3 is 34.5 Å². The first-order valence-corrected chi connectivity index (χ1v) is 15.8. The number of rotatable bonds is 11. The fourth-order valence-corrected chi connectivity index (χ4v) is 6.26. The Morgan fingerprint density at radius 1 is 0.891 bits per heavy atom. The van der Waals surface area contributed by atoms with E-state index in [1.807, 2.05) is 29.0 Å². The van der Waals surface area contributed by atoms with Crippen molar-refractivity contribution >= 4 is 33.9 Å². The fourth-order valence-electron chi connectivity index (χ4n) is 6.26. The standard InChI is InChI=1S/C36H43N7O3/c1-25-26(2)43(14-7-13-41-18-16-40(3)17-19-41)32-11-10-29(21-31(25)32)38-28-9-6-8-27(20-28)36(44)39-30-22-33(45-4)35(34(23-30)46-5)42-15-12-37-24-42/h6,8-12,15,20-24,38H,7,13-14,16-19H2,1-5H3,(H,39,44). The number of amides is 1. The van der Waals surface area contributed by atoms with E-state index in [2.05, 4.69) is 69.1 Å². The molecular weight excluding hydrogens is 578 g/mol. The molecule has 0 aliphatic carbocycles. The maximum Gasteiger partial charge on any atom is 0.255 e. The molecule has 1 amide bonds. The maximum atomic E-state index is 13.3. The third kappa shape index (κ3) is 6.59. The zero-order valence-corrected chi connectivity index (χ0v) is 27.3. The van der Waals surface area contributed by atoms with Crippen LogP contribution in [0, 0.1) is 13.8 Å². The number of likely N-dealkylation sites (N-methyl/N-ethyl adjacent to an activating group) is 1. The van der Waals surface area contributed by atoms with Crippen molar-refractivity contribution in [2.75, 3.05) is 64.6 Å². The summed E-state index contributed by atoms with van der Waals surface area (Å²) in [5.41, 5.74) is 7.48. The van der Waals surface area contributed by atoms with Crippen LogP contribution in [0.15, 0.2) is 73.3 Å². The molecule has 0 atom stereocenters. The van der Waals surface area contributed by atoms with Crippen LogP contribution in [-0.4, -0.2) is 83.8 Å². The fraction of sp³-hybridized carbons (Fsp3) is 0.333. The average molecular weight is 622 g/mol. The zero-order chi connectivity index (χ0) is 32.2. The Kier molecular flexibility index (Phi) is 9.28. The van der Waals surface area contributed by atoms with Crippen LogP contribution in [0.2, 0.25) is 0 Å². The van der Waals surface area contributed by atoms with Crippen molar-refractivity contribution < 1.29 is 14.3 Å². The first kappa shape index (κ1) is 31.2. The number of carbonyl (C=O) groups is 1. The van der Waals surface area contributed by atoms with Gasteiger partial charge in [-0.05, 0) is 75.8 Å². The Balaban J connectivity index is 1.15. The summed E-state index contributed by atoms with van der Waals surface area (Å²) in [5.74, 6) is 0.861. The number of aryl methyl sites for hydroxylation is 2. The van der Waals surface area contributed by atoms with Gasteiger partial charge in [0.1, 0.15) is 17.2 Å². The van der Waals surface area contributed by atoms with Crippen LogP contribution in [0.3, 0.4) is 0 Å². The van der Waals surface area contributed by atoms with Crippen LogP contribution in [0.1, 0.15) is 28.0 Å². The minimum atomic E-state index is -0.237. The largest absolute Gasteiger partial charge is 0.494 e. The molecule has 240 valence electrons. The van der Waals surface area contributed by atoms with E-state index in [-0.39, 0.29) is 5.91 Å². The Hall–Kier alpha value is -4.80. The van der Waals surface area contributed by atoms with Gasteiger partial charge in [-0.25, -0.2) is 4.98 Å². The highest BCUT2D eigenvalue weighted by Gasteiger charge is 2.18. The number of benzene rings is 3. The van der Waals surface area contributed by atoms with E-state index in [0.29, 0.717) is 28.4 Å². The van der Waals surface area contributed by atoms with E-state index in [1.54, 1.807) is 44.9 Å². The third-order valence-corrected chi connectivity index (χ3v) is 9.00. The number of hydrogen-bond donors (Lipinski definition) is 2. The van der Waals surface area contributed by atoms with Gasteiger partial charge >= 0.3 is 0 Å². The molecule has 2 N–H and O–H groups in total. The molecule has 0 bridgehead atoms. The molecule has 6 rings (SSSR count). The second-order valence-corrected chi connectivity index (χ2v) is 12.0. The summed E-state index contributed by atoms with van der Waals surface area (Å²) in [6.07, 6.45) is 6.30. The van der Waals surface area contributed by atoms with Crippen molar-refractivity contribution in [1.29, 1.82) is 0 Å². The molecule has 10 nitrogen and oxygen atoms in total. The quantitative estimate of drug-likeness (QED) is 0.184. The van der Waals surface area contributed by atoms with E-state index in [1.165, 1.54) is 22.2 Å². The van der Waals surface area contributed by atoms with Crippen LogP contribution < -0.4 is 20.1 Å². The van der Waals surface area contributed by atoms with Gasteiger partial charge in [0.2, 0.25) is 0 Å². The highest BCUT2D eigenvalue weighted by atomic mass is 16.5. The topological polar surface area (TPSA) is 88.8 Å². The van der Waals surface area contributed by atoms with Crippen LogP contribution in [0.25, 0.3) is 16.6 Å². The molecule has 0 spiro atoms. The summed E-state index contributed by atoms with van der Waals surface area (Å²) in [4.78, 5) is 22.5. The van der Waals surface area contributed by atoms with Crippen LogP contribution in [0.4, 0.5) is 17.1 Å². The van der Waals surface area contributed by atoms with Gasteiger partial charge in [-0.15, -0.1) is 0 Å². The lowest BCUT2D eigenvalue weighted by atomic mass is 10.1. The number of aromatic nitrogens is 3. The summed E-state index contributed by atoms with van der Waals surface area (Å²) < 4.78 is 15.5. The van der Waals surface area contributed by atoms with Gasteiger partial charge in [0, 0.05) is 96.5 Å². The highest BCUT2D eigenvalue weighted by Crippen LogP contribution is 2.36. The van der Waals surface area contributed by atoms with E-state index < -0.39 is 0 Å². The predicted molar refractivity (Wildman–Crippen MR) is 184 cm³/mol. The summed E-state index contributed by atoms with van der Waals surface area (Å²) in [7, 11) is 5.37. The van der Waals surface area contributed by atoms with Crippen molar-refractivity contribution in [2.24, 2.45) is 0 Å². The van der Waals surface area contributed by atoms with Gasteiger partial charge in [0.05, 0.1) is 20.5 Å². The lowest BCUT2D eigenvalue weighted by Gasteiger charge is -2.32. The molecule has 5 aromatic rings. The molecule has 0 radical (unpaired) electrons. The second-order valence-electron chi connectivity index (χ2n) is 12.0. The summed E-state index contributed by atoms with van der Waals surface area (Å²) in [6.45, 7) is 11.2. The molecule has 10 heteroatoms. The molecule has 3 aromatic carbocycles. The molecule has 0 unspecified atom stereocenters. The minimum absolute atomic E-state index is 0.237. The number of hydrogen-bond acceptors (Lipinski definition) is 7. The minimum Gasteiger partial charge on any atom is -0.494 e. The van der Waals surface area contributed by atoms with Gasteiger partial charge in [-0.2, -0.15) is 0 Å². The number of piperazine rings is 1. The van der Waals surface area contributed by atoms with Crippen LogP contribution in [-0.2, 0) is 6.54 Å². The van der Waals surface area contributed by atoms with Gasteiger partial charge in [0.25, 0.3) is 5.91 Å². The Bertz CT molecular complexity index is 1800. The number of ether oxygens (including phenoxy) is 2. The number of nitrogens with zero attached hydrogens (tertiary/aromatic N) is 5. The van der Waals surface area contributed by atoms with Crippen molar-refractivity contribution in [3.8, 4) is 17.2 Å². The summed E-state index contributed by atoms with van der Waals surface area (Å²) >= 11 is 0. The van der Waals surface area contributed by atoms with Gasteiger partial charge in [-0.3, -0.25) is 9.36 Å². The third-order valence-electron chi connectivity index (χ3n) is 9.00. The Morgan fingerprint density at radius 2 is 1.63 bits per heavy atom. The second kappa shape index (κ2) is 13.7. The predicted octanol–water partition coefficient (Wildman–Crippen LogP) is 6.09. The molecule has 1 aliphatic heterocycles. The van der Waals surface area contributed by atoms with Crippen LogP contribution in [0.5, 0.6) is 11.5 Å². The Morgan fingerprint density at radius 3 is 2.33 bits per heavy atom. The molecular formula is C36H43N7O3. The van der Waals surface area contributed by atoms with E-state index in [0.717, 1.165) is 57.1 Å². The molecule has 1 saturated heterocycles. The lowest BCUT2D eigenvalue weighted by Crippen LogP contribution is -2.44. The van der Waals surface area contributed by atoms with E-state index in [9.17, 15) is 4.79 Å². The molecule has 1 aliphatic rings. The van der Waals surface area contributed by atoms with Gasteiger partial charge in [0.15, 0.2) is 0 Å². The molecule has 2 aromatic heterocycles. The Labute approximate surface area is 270 Å². The highest BCUT2D eigenvalue weighted by molar-refractivity contribution is 6.05. The van der Waals surface area contributed by atoms with Crippen molar-refractivity contribution in [3.05, 3.63) is 90.1 Å². The normalized spacial score (nSPS) is 14.0. The van der Waals surface area contributed by atoms with Crippen LogP contribution >= 0.6 is 0 Å². The van der Waals surface area contributed by atoms with Crippen molar-refractivity contribution in [1.82, 2.24) is 23.9 Å². The first-order chi connectivity index (χ1) is 22.3. The average Bonchev–Trinajstić information content (AvgIpc) is 3.68. The number of imidazole rings is 1. The first-order valence-electron chi connectivity index (χ1n) is 15.8. The summed E-state index contributed by atoms with van der Waals surface area (Å²) in [6, 6.07) is 17.6. The maximum absolute atomic E-state index is 13.3.